The number of carbonyl (C=O) groups is 1. The first-order valence-corrected chi connectivity index (χ1v) is 24.2. The maximum atomic E-state index is 13.6. The van der Waals surface area contributed by atoms with Gasteiger partial charge in [-0.1, -0.05) is 84.2 Å². The van der Waals surface area contributed by atoms with E-state index < -0.39 is 48.4 Å². The quantitative estimate of drug-likeness (QED) is 0.0532. The van der Waals surface area contributed by atoms with E-state index in [9.17, 15) is 38.4 Å². The molecule has 0 bridgehead atoms. The minimum atomic E-state index is -4.79. The summed E-state index contributed by atoms with van der Waals surface area (Å²) in [6, 6.07) is 20.8. The molecule has 3 aromatic heterocycles. The number of hydrogen-bond donors (Lipinski definition) is 6. The number of hydrogen-bond acceptors (Lipinski definition) is 16. The predicted molar refractivity (Wildman–Crippen MR) is 246 cm³/mol. The third kappa shape index (κ3) is 11.1. The molecular formula is C48H55F3N10O7S. The van der Waals surface area contributed by atoms with E-state index in [4.69, 9.17) is 9.72 Å². The van der Waals surface area contributed by atoms with Crippen LogP contribution < -0.4 is 15.4 Å². The highest BCUT2D eigenvalue weighted by molar-refractivity contribution is 7.10. The third-order valence-electron chi connectivity index (χ3n) is 13.3. The van der Waals surface area contributed by atoms with Crippen LogP contribution >= 0.6 is 11.3 Å². The Bertz CT molecular complexity index is 2660. The molecule has 3 aliphatic rings. The summed E-state index contributed by atoms with van der Waals surface area (Å²) in [5.41, 5.74) is 3.78. The Labute approximate surface area is 400 Å². The van der Waals surface area contributed by atoms with Crippen LogP contribution in [0, 0.1) is 0 Å². The number of thiazole rings is 1. The minimum Gasteiger partial charge on any atom is -0.493 e. The molecule has 0 aliphatic carbocycles. The largest absolute Gasteiger partial charge is 0.493 e. The maximum Gasteiger partial charge on any atom is 0.471 e. The fraction of sp³-hybridized carbons (Fsp3) is 0.458. The molecule has 2 fully saturated rings. The number of unbranched alkanes of at least 4 members (excludes halogenated alkanes) is 4. The Balaban J connectivity index is 0.736. The highest BCUT2D eigenvalue weighted by Crippen LogP contribution is 2.47. The molecule has 0 spiro atoms. The first-order valence-electron chi connectivity index (χ1n) is 23.3. The zero-order valence-corrected chi connectivity index (χ0v) is 38.5. The number of benzene rings is 3. The lowest BCUT2D eigenvalue weighted by molar-refractivity contribution is -0.159. The van der Waals surface area contributed by atoms with Crippen molar-refractivity contribution in [1.29, 1.82) is 0 Å². The molecule has 366 valence electrons. The average molecular weight is 973 g/mol. The fourth-order valence-corrected chi connectivity index (χ4v) is 10.6. The van der Waals surface area contributed by atoms with E-state index in [0.717, 1.165) is 73.7 Å². The molecule has 0 radical (unpaired) electrons. The van der Waals surface area contributed by atoms with Crippen molar-refractivity contribution in [3.63, 3.8) is 0 Å². The number of nitrogens with zero attached hydrogens (tertiary/aromatic N) is 8. The number of ether oxygens (including phenoxy) is 1. The monoisotopic (exact) mass is 972 g/mol. The first kappa shape index (κ1) is 48.4. The molecule has 69 heavy (non-hydrogen) atoms. The van der Waals surface area contributed by atoms with Crippen molar-refractivity contribution < 1.29 is 47.7 Å². The van der Waals surface area contributed by atoms with Gasteiger partial charge >= 0.3 is 12.1 Å². The van der Waals surface area contributed by atoms with E-state index in [1.807, 2.05) is 46.6 Å². The Morgan fingerprint density at radius 1 is 0.913 bits per heavy atom. The highest BCUT2D eigenvalue weighted by Gasteiger charge is 2.46. The zero-order valence-electron chi connectivity index (χ0n) is 37.7. The number of carbonyl (C=O) groups excluding carboxylic acids is 1. The molecule has 0 saturated carbocycles. The third-order valence-corrected chi connectivity index (χ3v) is 14.4. The second-order valence-electron chi connectivity index (χ2n) is 18.0. The van der Waals surface area contributed by atoms with Gasteiger partial charge in [0.15, 0.2) is 0 Å². The number of amides is 1. The van der Waals surface area contributed by atoms with Gasteiger partial charge in [-0.3, -0.25) is 19.7 Å². The molecule has 3 aliphatic heterocycles. The van der Waals surface area contributed by atoms with Crippen LogP contribution in [0.1, 0.15) is 108 Å². The summed E-state index contributed by atoms with van der Waals surface area (Å²) in [5, 5.41) is 63.8. The summed E-state index contributed by atoms with van der Waals surface area (Å²) in [7, 11) is 0. The van der Waals surface area contributed by atoms with Crippen LogP contribution in [0.25, 0.3) is 22.6 Å². The van der Waals surface area contributed by atoms with Gasteiger partial charge in [-0.05, 0) is 69.8 Å². The maximum absolute atomic E-state index is 13.6. The van der Waals surface area contributed by atoms with Crippen molar-refractivity contribution >= 4 is 17.2 Å². The second-order valence-corrected chi connectivity index (χ2v) is 18.8. The van der Waals surface area contributed by atoms with Crippen molar-refractivity contribution in [3.8, 4) is 28.4 Å². The van der Waals surface area contributed by atoms with Gasteiger partial charge in [0.25, 0.3) is 5.91 Å². The number of fused-ring (bicyclic) bond motifs is 1. The van der Waals surface area contributed by atoms with E-state index in [0.29, 0.717) is 62.3 Å². The SMILES string of the molecule is O=C(NCC1(c2nc(-c3ccccc3)cs2)CCN(Cc2cn(CCCCCCCOc3cccc4c3C(O)N(C3CCC(O)NC3O)C4O)nn2)CC1)c1cccc(-c2noc(C(F)(F)F)n2)c1. The lowest BCUT2D eigenvalue weighted by atomic mass is 9.78. The molecule has 6 N–H and O–H groups in total. The average Bonchev–Trinajstić information content (AvgIpc) is 4.19. The van der Waals surface area contributed by atoms with Gasteiger partial charge in [-0.15, -0.1) is 16.4 Å². The number of likely N-dealkylation sites (tertiary alicyclic amines) is 1. The van der Waals surface area contributed by atoms with Crippen molar-refractivity contribution in [2.24, 2.45) is 0 Å². The number of aromatic nitrogens is 6. The molecule has 2 saturated heterocycles. The number of aryl methyl sites for hydroxylation is 1. The molecule has 9 rings (SSSR count). The van der Waals surface area contributed by atoms with Crippen LogP contribution in [0.3, 0.4) is 0 Å². The molecule has 21 heteroatoms. The molecule has 5 unspecified atom stereocenters. The van der Waals surface area contributed by atoms with E-state index in [1.54, 1.807) is 41.7 Å². The molecule has 5 atom stereocenters. The minimum absolute atomic E-state index is 0.221. The number of alkyl halides is 3. The Hall–Kier alpha value is -5.65. The molecule has 6 heterocycles. The fourth-order valence-electron chi connectivity index (χ4n) is 9.49. The van der Waals surface area contributed by atoms with Gasteiger partial charge < -0.3 is 35.0 Å². The number of halogens is 3. The van der Waals surface area contributed by atoms with Crippen LogP contribution in [0.5, 0.6) is 5.75 Å². The Morgan fingerprint density at radius 2 is 1.68 bits per heavy atom. The number of rotatable bonds is 18. The number of nitrogens with one attached hydrogen (secondary N) is 2. The first-order chi connectivity index (χ1) is 33.3. The lowest BCUT2D eigenvalue weighted by Crippen LogP contribution is -2.57. The summed E-state index contributed by atoms with van der Waals surface area (Å²) < 4.78 is 51.8. The van der Waals surface area contributed by atoms with E-state index in [1.165, 1.54) is 17.0 Å². The van der Waals surface area contributed by atoms with Crippen LogP contribution in [0.2, 0.25) is 0 Å². The van der Waals surface area contributed by atoms with Crippen LogP contribution in [0.15, 0.2) is 88.9 Å². The zero-order chi connectivity index (χ0) is 48.1. The van der Waals surface area contributed by atoms with Crippen molar-refractivity contribution in [2.45, 2.75) is 113 Å². The second kappa shape index (κ2) is 21.1. The van der Waals surface area contributed by atoms with Crippen LogP contribution in [-0.2, 0) is 24.7 Å². The highest BCUT2D eigenvalue weighted by atomic mass is 32.1. The van der Waals surface area contributed by atoms with Crippen LogP contribution in [-0.4, -0.2) is 111 Å². The Kier molecular flexibility index (Phi) is 14.8. The van der Waals surface area contributed by atoms with Gasteiger partial charge in [0, 0.05) is 64.4 Å². The van der Waals surface area contributed by atoms with E-state index in [-0.39, 0.29) is 22.9 Å². The van der Waals surface area contributed by atoms with Gasteiger partial charge in [-0.2, -0.15) is 18.2 Å². The molecular weight excluding hydrogens is 918 g/mol. The number of piperidine rings is 2. The number of aliphatic hydroxyl groups excluding tert-OH is 4. The molecule has 17 nitrogen and oxygen atoms in total. The topological polar surface area (TPSA) is 220 Å². The summed E-state index contributed by atoms with van der Waals surface area (Å²) in [5.74, 6) is -1.60. The summed E-state index contributed by atoms with van der Waals surface area (Å²) >= 11 is 1.57. The summed E-state index contributed by atoms with van der Waals surface area (Å²) in [6.07, 6.45) is -0.0749. The molecule has 6 aromatic rings. The molecule has 3 aromatic carbocycles. The lowest BCUT2D eigenvalue weighted by Gasteiger charge is -2.40. The van der Waals surface area contributed by atoms with E-state index >= 15 is 0 Å². The summed E-state index contributed by atoms with van der Waals surface area (Å²) in [4.78, 5) is 26.0. The summed E-state index contributed by atoms with van der Waals surface area (Å²) in [6.45, 7) is 3.57. The van der Waals surface area contributed by atoms with Crippen LogP contribution in [0.4, 0.5) is 13.2 Å². The van der Waals surface area contributed by atoms with Gasteiger partial charge in [0.2, 0.25) is 5.82 Å². The van der Waals surface area contributed by atoms with Crippen molar-refractivity contribution in [2.75, 3.05) is 26.2 Å². The predicted octanol–water partition coefficient (Wildman–Crippen LogP) is 6.15. The Morgan fingerprint density at radius 3 is 2.46 bits per heavy atom. The van der Waals surface area contributed by atoms with Gasteiger partial charge in [0.1, 0.15) is 35.7 Å². The van der Waals surface area contributed by atoms with Gasteiger partial charge in [-0.25, -0.2) is 9.88 Å². The number of aliphatic hydroxyl groups is 4. The van der Waals surface area contributed by atoms with Crippen molar-refractivity contribution in [3.05, 3.63) is 118 Å². The standard InChI is InChI=1S/C48H55F3N10O7S/c49-48(50,51)45-55-40(57-68-45)31-13-9-14-32(25-31)41(63)52-29-47(46-53-35(28-69-46)30-11-5-4-6-12-30)19-22-59(23-20-47)26-33-27-60(58-56-33)21-7-2-1-3-8-24-67-37-16-10-15-34-39(37)44(66)61(43(34)65)36-17-18-38(62)54-42(36)64/h4-6,9-16,25,27-28,36,38,42-44,54,62,64-66H,1-3,7-8,17-24,26,29H2,(H,52,63). The van der Waals surface area contributed by atoms with E-state index in [2.05, 4.69) is 40.5 Å². The van der Waals surface area contributed by atoms with Crippen molar-refractivity contribution in [1.82, 2.24) is 50.6 Å². The van der Waals surface area contributed by atoms with Gasteiger partial charge in [0.05, 0.1) is 24.0 Å². The smallest absolute Gasteiger partial charge is 0.471 e. The normalized spacial score (nSPS) is 21.9. The molecule has 1 amide bonds.